The molecule has 26 heavy (non-hydrogen) atoms. The highest BCUT2D eigenvalue weighted by atomic mass is 32.1. The molecule has 3 aromatic heterocycles. The minimum absolute atomic E-state index is 0.0924. The van der Waals surface area contributed by atoms with Crippen molar-refractivity contribution in [2.45, 2.75) is 12.5 Å². The van der Waals surface area contributed by atoms with Crippen LogP contribution in [0.1, 0.15) is 31.7 Å². The van der Waals surface area contributed by atoms with Gasteiger partial charge in [-0.05, 0) is 34.3 Å². The summed E-state index contributed by atoms with van der Waals surface area (Å²) in [5.74, 6) is -0.614. The number of nitrogens with one attached hydrogen (secondary N) is 2. The third kappa shape index (κ3) is 3.33. The monoisotopic (exact) mass is 404 g/mol. The normalized spacial score (nSPS) is 19.1. The summed E-state index contributed by atoms with van der Waals surface area (Å²) in [7, 11) is 0. The van der Waals surface area contributed by atoms with E-state index in [2.05, 4.69) is 34.3 Å². The molecule has 0 radical (unpaired) electrons. The van der Waals surface area contributed by atoms with Crippen LogP contribution in [0.25, 0.3) is 0 Å². The maximum atomic E-state index is 12.6. The molecule has 1 unspecified atom stereocenters. The zero-order chi connectivity index (χ0) is 18.1. The molecule has 0 aliphatic carbocycles. The van der Waals surface area contributed by atoms with Gasteiger partial charge in [-0.2, -0.15) is 0 Å². The number of amides is 2. The third-order valence-corrected chi connectivity index (χ3v) is 7.33. The number of primary amides is 1. The van der Waals surface area contributed by atoms with Crippen LogP contribution >= 0.6 is 34.0 Å². The van der Waals surface area contributed by atoms with Crippen molar-refractivity contribution in [3.63, 3.8) is 0 Å². The van der Waals surface area contributed by atoms with E-state index in [1.165, 1.54) is 31.6 Å². The number of hydrogen-bond donors (Lipinski definition) is 3. The zero-order valence-electron chi connectivity index (χ0n) is 13.9. The fraction of sp³-hybridized carbons (Fsp3) is 0.222. The Bertz CT molecular complexity index is 929. The summed E-state index contributed by atoms with van der Waals surface area (Å²) in [4.78, 5) is 28.0. The summed E-state index contributed by atoms with van der Waals surface area (Å²) < 4.78 is 0. The van der Waals surface area contributed by atoms with E-state index in [-0.39, 0.29) is 11.9 Å². The van der Waals surface area contributed by atoms with Crippen LogP contribution in [0.15, 0.2) is 40.4 Å². The zero-order valence-corrected chi connectivity index (χ0v) is 16.3. The maximum Gasteiger partial charge on any atom is 0.280 e. The Morgan fingerprint density at radius 1 is 1.15 bits per heavy atom. The van der Waals surface area contributed by atoms with Gasteiger partial charge in [0.1, 0.15) is 11.0 Å². The number of nitrogens with two attached hydrogens (primary N) is 1. The Morgan fingerprint density at radius 2 is 2.00 bits per heavy atom. The lowest BCUT2D eigenvalue weighted by molar-refractivity contribution is -0.919. The summed E-state index contributed by atoms with van der Waals surface area (Å²) in [6.45, 7) is 1.27. The lowest BCUT2D eigenvalue weighted by Crippen LogP contribution is -3.14. The highest BCUT2D eigenvalue weighted by Crippen LogP contribution is 2.31. The van der Waals surface area contributed by atoms with Crippen molar-refractivity contribution >= 4 is 50.8 Å². The van der Waals surface area contributed by atoms with Crippen molar-refractivity contribution in [2.24, 2.45) is 5.73 Å². The first kappa shape index (κ1) is 17.4. The second-order valence-corrected chi connectivity index (χ2v) is 9.05. The van der Waals surface area contributed by atoms with Crippen molar-refractivity contribution in [2.75, 3.05) is 18.4 Å². The Kier molecular flexibility index (Phi) is 4.90. The average Bonchev–Trinajstić information content (AvgIpc) is 3.35. The summed E-state index contributed by atoms with van der Waals surface area (Å²) in [5, 5.41) is 9.38. The Hall–Kier alpha value is -2.00. The number of carbonyl (C=O) groups is 2. The molecule has 0 saturated heterocycles. The Morgan fingerprint density at radius 3 is 2.77 bits per heavy atom. The summed E-state index contributed by atoms with van der Waals surface area (Å²) in [6.07, 6.45) is 0.989. The first-order chi connectivity index (χ1) is 12.6. The van der Waals surface area contributed by atoms with Gasteiger partial charge < -0.3 is 16.0 Å². The molecule has 4 N–H and O–H groups in total. The van der Waals surface area contributed by atoms with Gasteiger partial charge in [-0.25, -0.2) is 0 Å². The number of quaternary nitrogens is 1. The SMILES string of the molecule is NC(=O)c1ccsc1NC(=O)C[NH+]1CCc2sccc2[C@H]1c1cccs1. The predicted molar refractivity (Wildman–Crippen MR) is 106 cm³/mol. The van der Waals surface area contributed by atoms with Gasteiger partial charge >= 0.3 is 0 Å². The standard InChI is InChI=1S/C18H17N3O2S3/c19-17(23)12-5-9-26-18(12)20-15(22)10-21-6-3-13-11(4-8-25-13)16(21)14-2-1-7-24-14/h1-2,4-5,7-9,16H,3,6,10H2,(H2,19,23)(H,20,22)/p+1/t16-/m0/s1. The van der Waals surface area contributed by atoms with Gasteiger partial charge in [0.2, 0.25) is 0 Å². The van der Waals surface area contributed by atoms with Crippen LogP contribution in [0.4, 0.5) is 5.00 Å². The molecule has 4 heterocycles. The molecule has 0 saturated carbocycles. The third-order valence-electron chi connectivity index (χ3n) is 4.57. The van der Waals surface area contributed by atoms with Gasteiger partial charge in [0.15, 0.2) is 6.54 Å². The lowest BCUT2D eigenvalue weighted by Gasteiger charge is -2.31. The van der Waals surface area contributed by atoms with E-state index in [4.69, 9.17) is 5.73 Å². The molecule has 0 aromatic carbocycles. The molecule has 0 bridgehead atoms. The van der Waals surface area contributed by atoms with Crippen molar-refractivity contribution in [1.82, 2.24) is 0 Å². The van der Waals surface area contributed by atoms with Gasteiger partial charge in [-0.3, -0.25) is 9.59 Å². The van der Waals surface area contributed by atoms with E-state index in [1.807, 2.05) is 0 Å². The topological polar surface area (TPSA) is 76.6 Å². The highest BCUT2D eigenvalue weighted by Gasteiger charge is 2.35. The van der Waals surface area contributed by atoms with Gasteiger partial charge in [0, 0.05) is 16.9 Å². The van der Waals surface area contributed by atoms with E-state index in [0.717, 1.165) is 13.0 Å². The van der Waals surface area contributed by atoms with Crippen LogP contribution in [0.2, 0.25) is 0 Å². The molecular weight excluding hydrogens is 386 g/mol. The number of rotatable bonds is 5. The van der Waals surface area contributed by atoms with Crippen molar-refractivity contribution in [1.29, 1.82) is 0 Å². The molecule has 0 spiro atoms. The molecule has 134 valence electrons. The lowest BCUT2D eigenvalue weighted by atomic mass is 9.98. The average molecular weight is 405 g/mol. The van der Waals surface area contributed by atoms with Crippen LogP contribution in [0.3, 0.4) is 0 Å². The van der Waals surface area contributed by atoms with E-state index in [1.54, 1.807) is 34.1 Å². The van der Waals surface area contributed by atoms with Gasteiger partial charge in [-0.15, -0.1) is 34.0 Å². The number of thiophene rings is 3. The number of carbonyl (C=O) groups excluding carboxylic acids is 2. The molecule has 1 aliphatic rings. The molecule has 0 fully saturated rings. The molecule has 4 rings (SSSR count). The minimum atomic E-state index is -0.522. The second kappa shape index (κ2) is 7.32. The summed E-state index contributed by atoms with van der Waals surface area (Å²) >= 11 is 4.85. The molecule has 1 aliphatic heterocycles. The first-order valence-corrected chi connectivity index (χ1v) is 10.9. The molecule has 3 aromatic rings. The number of hydrogen-bond acceptors (Lipinski definition) is 5. The van der Waals surface area contributed by atoms with Crippen molar-refractivity contribution in [3.05, 3.63) is 61.3 Å². The maximum absolute atomic E-state index is 12.6. The molecule has 2 atom stereocenters. The Balaban J connectivity index is 1.54. The van der Waals surface area contributed by atoms with E-state index in [9.17, 15) is 9.59 Å². The van der Waals surface area contributed by atoms with Crippen LogP contribution < -0.4 is 16.0 Å². The summed E-state index contributed by atoms with van der Waals surface area (Å²) in [6, 6.07) is 8.22. The van der Waals surface area contributed by atoms with E-state index in [0.29, 0.717) is 17.1 Å². The quantitative estimate of drug-likeness (QED) is 0.609. The Labute approximate surface area is 163 Å². The number of anilines is 1. The fourth-order valence-electron chi connectivity index (χ4n) is 3.43. The minimum Gasteiger partial charge on any atom is -0.366 e. The largest absolute Gasteiger partial charge is 0.366 e. The highest BCUT2D eigenvalue weighted by molar-refractivity contribution is 7.14. The van der Waals surface area contributed by atoms with Crippen LogP contribution in [-0.4, -0.2) is 24.9 Å². The van der Waals surface area contributed by atoms with E-state index >= 15 is 0 Å². The van der Waals surface area contributed by atoms with Gasteiger partial charge in [0.25, 0.3) is 11.8 Å². The van der Waals surface area contributed by atoms with Crippen LogP contribution in [-0.2, 0) is 11.2 Å². The van der Waals surface area contributed by atoms with Crippen molar-refractivity contribution < 1.29 is 14.5 Å². The molecular formula is C18H18N3O2S3+. The first-order valence-electron chi connectivity index (χ1n) is 8.25. The van der Waals surface area contributed by atoms with Crippen LogP contribution in [0, 0.1) is 0 Å². The summed E-state index contributed by atoms with van der Waals surface area (Å²) in [5.41, 5.74) is 7.06. The van der Waals surface area contributed by atoms with Crippen LogP contribution in [0.5, 0.6) is 0 Å². The molecule has 5 nitrogen and oxygen atoms in total. The van der Waals surface area contributed by atoms with Gasteiger partial charge in [0.05, 0.1) is 17.0 Å². The fourth-order valence-corrected chi connectivity index (χ4v) is 6.06. The molecule has 2 amide bonds. The van der Waals surface area contributed by atoms with Gasteiger partial charge in [-0.1, -0.05) is 6.07 Å². The van der Waals surface area contributed by atoms with Crippen molar-refractivity contribution in [3.8, 4) is 0 Å². The molecule has 8 heteroatoms. The smallest absolute Gasteiger partial charge is 0.280 e. The number of fused-ring (bicyclic) bond motifs is 1. The van der Waals surface area contributed by atoms with E-state index < -0.39 is 5.91 Å². The second-order valence-electron chi connectivity index (χ2n) is 6.16. The predicted octanol–water partition coefficient (Wildman–Crippen LogP) is 2.14.